The van der Waals surface area contributed by atoms with E-state index in [9.17, 15) is 19.9 Å². The number of hydrogen-bond donors (Lipinski definition) is 2. The molecule has 1 aliphatic rings. The van der Waals surface area contributed by atoms with Gasteiger partial charge in [0.15, 0.2) is 5.78 Å². The van der Waals surface area contributed by atoms with Crippen molar-refractivity contribution in [2.75, 3.05) is 5.06 Å². The summed E-state index contributed by atoms with van der Waals surface area (Å²) < 4.78 is 0. The Hall–Kier alpha value is -2.08. The van der Waals surface area contributed by atoms with Gasteiger partial charge >= 0.3 is 6.09 Å². The zero-order chi connectivity index (χ0) is 18.2. The van der Waals surface area contributed by atoms with Crippen LogP contribution < -0.4 is 5.06 Å². The fourth-order valence-corrected chi connectivity index (χ4v) is 3.69. The summed E-state index contributed by atoms with van der Waals surface area (Å²) in [6.45, 7) is 9.22. The van der Waals surface area contributed by atoms with E-state index in [1.54, 1.807) is 24.3 Å². The van der Waals surface area contributed by atoms with Crippen LogP contribution in [0.2, 0.25) is 0 Å². The number of benzene rings is 1. The molecule has 1 aliphatic heterocycles. The molecule has 6 nitrogen and oxygen atoms in total. The van der Waals surface area contributed by atoms with Crippen LogP contribution in [-0.2, 0) is 0 Å². The molecule has 0 fully saturated rings. The predicted octanol–water partition coefficient (Wildman–Crippen LogP) is 3.64. The van der Waals surface area contributed by atoms with Gasteiger partial charge in [-0.3, -0.25) is 10.0 Å². The van der Waals surface area contributed by atoms with Crippen LogP contribution in [0.4, 0.5) is 10.5 Å². The Morgan fingerprint density at radius 2 is 1.92 bits per heavy atom. The van der Waals surface area contributed by atoms with Crippen molar-refractivity contribution in [1.29, 1.82) is 0 Å². The molecule has 1 aromatic rings. The first-order valence-electron chi connectivity index (χ1n) is 8.24. The van der Waals surface area contributed by atoms with Crippen LogP contribution in [0.25, 0.3) is 0 Å². The molecule has 24 heavy (non-hydrogen) atoms. The van der Waals surface area contributed by atoms with Crippen LogP contribution in [0.3, 0.4) is 0 Å². The minimum atomic E-state index is -1.02. The summed E-state index contributed by atoms with van der Waals surface area (Å²) in [6.07, 6.45) is -0.466. The van der Waals surface area contributed by atoms with Gasteiger partial charge in [0.2, 0.25) is 0 Å². The number of anilines is 1. The SMILES string of the molecule is CC[C@@H]([C@@H](C)C1C(=O)c2ccccc2N1O)N(C(=O)O)C(C)(C)C. The van der Waals surface area contributed by atoms with Crippen LogP contribution in [-0.4, -0.2) is 44.7 Å². The molecular weight excluding hydrogens is 308 g/mol. The number of nitrogens with zero attached hydrogens (tertiary/aromatic N) is 2. The molecule has 2 rings (SSSR count). The molecular formula is C18H26N2O4. The lowest BCUT2D eigenvalue weighted by Crippen LogP contribution is -2.57. The summed E-state index contributed by atoms with van der Waals surface area (Å²) >= 11 is 0. The highest BCUT2D eigenvalue weighted by Gasteiger charge is 2.46. The summed E-state index contributed by atoms with van der Waals surface area (Å²) in [5.74, 6) is -0.534. The standard InChI is InChI=1S/C18H26N2O4/c1-6-13(19(17(22)23)18(3,4)5)11(2)15-16(21)12-9-7-8-10-14(12)20(15)24/h7-11,13,15,24H,6H2,1-5H3,(H,22,23)/t11-,13+,15?/m1/s1. The lowest BCUT2D eigenvalue weighted by molar-refractivity contribution is 0.0355. The lowest BCUT2D eigenvalue weighted by atomic mass is 9.86. The summed E-state index contributed by atoms with van der Waals surface area (Å²) in [5, 5.41) is 21.2. The first kappa shape index (κ1) is 18.3. The van der Waals surface area contributed by atoms with Crippen LogP contribution >= 0.6 is 0 Å². The maximum absolute atomic E-state index is 12.7. The molecule has 1 unspecified atom stereocenters. The number of carbonyl (C=O) groups excluding carboxylic acids is 1. The summed E-state index contributed by atoms with van der Waals surface area (Å²) in [4.78, 5) is 25.9. The van der Waals surface area contributed by atoms with E-state index in [0.29, 0.717) is 17.7 Å². The minimum absolute atomic E-state index is 0.168. The second kappa shape index (κ2) is 6.43. The monoisotopic (exact) mass is 334 g/mol. The van der Waals surface area contributed by atoms with Crippen LogP contribution in [0.15, 0.2) is 24.3 Å². The van der Waals surface area contributed by atoms with E-state index in [4.69, 9.17) is 0 Å². The number of Topliss-reactive ketones (excluding diaryl/α,β-unsaturated/α-hetero) is 1. The number of rotatable bonds is 4. The Balaban J connectivity index is 2.38. The van der Waals surface area contributed by atoms with Crippen LogP contribution in [0.5, 0.6) is 0 Å². The average Bonchev–Trinajstić information content (AvgIpc) is 2.74. The highest BCUT2D eigenvalue weighted by Crippen LogP contribution is 2.37. The topological polar surface area (TPSA) is 81.1 Å². The zero-order valence-corrected chi connectivity index (χ0v) is 14.9. The van der Waals surface area contributed by atoms with Crippen molar-refractivity contribution in [2.45, 2.75) is 58.7 Å². The molecule has 132 valence electrons. The van der Waals surface area contributed by atoms with Gasteiger partial charge in [-0.15, -0.1) is 0 Å². The number of hydroxylamine groups is 1. The van der Waals surface area contributed by atoms with E-state index in [1.165, 1.54) is 4.90 Å². The minimum Gasteiger partial charge on any atom is -0.465 e. The molecule has 0 bridgehead atoms. The summed E-state index contributed by atoms with van der Waals surface area (Å²) in [5.41, 5.74) is 0.353. The van der Waals surface area contributed by atoms with Crippen molar-refractivity contribution in [2.24, 2.45) is 5.92 Å². The van der Waals surface area contributed by atoms with Crippen molar-refractivity contribution >= 4 is 17.6 Å². The Morgan fingerprint density at radius 1 is 1.33 bits per heavy atom. The maximum atomic E-state index is 12.7. The van der Waals surface area contributed by atoms with Crippen molar-refractivity contribution < 1.29 is 19.9 Å². The van der Waals surface area contributed by atoms with Gasteiger partial charge in [0.05, 0.1) is 5.69 Å². The van der Waals surface area contributed by atoms with Crippen molar-refractivity contribution in [1.82, 2.24) is 4.90 Å². The van der Waals surface area contributed by atoms with Crippen LogP contribution in [0.1, 0.15) is 51.4 Å². The van der Waals surface area contributed by atoms with Gasteiger partial charge in [-0.2, -0.15) is 0 Å². The maximum Gasteiger partial charge on any atom is 0.407 e. The predicted molar refractivity (Wildman–Crippen MR) is 91.7 cm³/mol. The molecule has 6 heteroatoms. The fourth-order valence-electron chi connectivity index (χ4n) is 3.69. The van der Waals surface area contributed by atoms with E-state index < -0.39 is 17.7 Å². The van der Waals surface area contributed by atoms with E-state index in [-0.39, 0.29) is 17.7 Å². The quantitative estimate of drug-likeness (QED) is 0.878. The number of carboxylic acid groups (broad SMARTS) is 1. The highest BCUT2D eigenvalue weighted by atomic mass is 16.5. The van der Waals surface area contributed by atoms with E-state index >= 15 is 0 Å². The Morgan fingerprint density at radius 3 is 2.38 bits per heavy atom. The second-order valence-corrected chi connectivity index (χ2v) is 7.33. The summed E-state index contributed by atoms with van der Waals surface area (Å²) in [6, 6.07) is 5.73. The molecule has 1 amide bonds. The number of fused-ring (bicyclic) bond motifs is 1. The normalized spacial score (nSPS) is 19.8. The molecule has 3 atom stereocenters. The average molecular weight is 334 g/mol. The van der Waals surface area contributed by atoms with Gasteiger partial charge < -0.3 is 10.0 Å². The number of carbonyl (C=O) groups is 2. The van der Waals surface area contributed by atoms with Gasteiger partial charge in [-0.05, 0) is 39.3 Å². The van der Waals surface area contributed by atoms with Crippen LogP contribution in [0, 0.1) is 5.92 Å². The number of ketones is 1. The smallest absolute Gasteiger partial charge is 0.407 e. The second-order valence-electron chi connectivity index (χ2n) is 7.33. The third-order valence-corrected chi connectivity index (χ3v) is 4.73. The summed E-state index contributed by atoms with van der Waals surface area (Å²) in [7, 11) is 0. The molecule has 0 aromatic heterocycles. The molecule has 0 saturated carbocycles. The third kappa shape index (κ3) is 2.98. The molecule has 0 radical (unpaired) electrons. The van der Waals surface area contributed by atoms with Gasteiger partial charge in [0.1, 0.15) is 6.04 Å². The molecule has 2 N–H and O–H groups in total. The Kier molecular flexibility index (Phi) is 4.90. The first-order chi connectivity index (χ1) is 11.1. The van der Waals surface area contributed by atoms with Gasteiger partial charge in [0.25, 0.3) is 0 Å². The third-order valence-electron chi connectivity index (χ3n) is 4.73. The first-order valence-corrected chi connectivity index (χ1v) is 8.24. The van der Waals surface area contributed by atoms with Gasteiger partial charge in [0, 0.05) is 23.1 Å². The molecule has 1 aromatic carbocycles. The fraction of sp³-hybridized carbons (Fsp3) is 0.556. The van der Waals surface area contributed by atoms with Crippen molar-refractivity contribution in [3.8, 4) is 0 Å². The number of amides is 1. The Labute approximate surface area is 142 Å². The molecule has 0 saturated heterocycles. The van der Waals surface area contributed by atoms with E-state index in [2.05, 4.69) is 0 Å². The van der Waals surface area contributed by atoms with Gasteiger partial charge in [-0.1, -0.05) is 26.0 Å². The molecule has 0 aliphatic carbocycles. The molecule has 0 spiro atoms. The number of para-hydroxylation sites is 1. The zero-order valence-electron chi connectivity index (χ0n) is 14.9. The van der Waals surface area contributed by atoms with Crippen molar-refractivity contribution in [3.05, 3.63) is 29.8 Å². The largest absolute Gasteiger partial charge is 0.465 e. The molecule has 1 heterocycles. The Bertz CT molecular complexity index is 638. The van der Waals surface area contributed by atoms with E-state index in [1.807, 2.05) is 34.6 Å². The lowest BCUT2D eigenvalue weighted by Gasteiger charge is -2.43. The van der Waals surface area contributed by atoms with Crippen molar-refractivity contribution in [3.63, 3.8) is 0 Å². The number of hydrogen-bond acceptors (Lipinski definition) is 4. The highest BCUT2D eigenvalue weighted by molar-refractivity contribution is 6.10. The van der Waals surface area contributed by atoms with E-state index in [0.717, 1.165) is 5.06 Å². The van der Waals surface area contributed by atoms with Gasteiger partial charge in [-0.25, -0.2) is 9.86 Å².